The zero-order valence-electron chi connectivity index (χ0n) is 11.9. The lowest BCUT2D eigenvalue weighted by atomic mass is 9.99. The standard InChI is InChI=1S/C14H18N6O/c1-2-4-15-14(21)11-8-19(9-11)12-7-13(17-10-16-12)20-6-3-5-18-20/h3,5-7,10-11H,2,4,8-9H2,1H3,(H,15,21). The van der Waals surface area contributed by atoms with Gasteiger partial charge in [0, 0.05) is 38.1 Å². The van der Waals surface area contributed by atoms with Gasteiger partial charge >= 0.3 is 0 Å². The Kier molecular flexibility index (Phi) is 3.81. The number of hydrogen-bond acceptors (Lipinski definition) is 5. The van der Waals surface area contributed by atoms with Gasteiger partial charge in [-0.25, -0.2) is 14.6 Å². The fourth-order valence-electron chi connectivity index (χ4n) is 2.26. The van der Waals surface area contributed by atoms with Crippen molar-refractivity contribution >= 4 is 11.7 Å². The van der Waals surface area contributed by atoms with Crippen LogP contribution in [0, 0.1) is 5.92 Å². The number of aromatic nitrogens is 4. The van der Waals surface area contributed by atoms with Gasteiger partial charge in [0.25, 0.3) is 0 Å². The van der Waals surface area contributed by atoms with Crippen LogP contribution in [-0.2, 0) is 4.79 Å². The zero-order valence-corrected chi connectivity index (χ0v) is 11.9. The molecule has 0 bridgehead atoms. The molecule has 3 rings (SSSR count). The molecule has 0 atom stereocenters. The summed E-state index contributed by atoms with van der Waals surface area (Å²) in [6.07, 6.45) is 6.03. The lowest BCUT2D eigenvalue weighted by Gasteiger charge is -2.39. The minimum absolute atomic E-state index is 0.0552. The Morgan fingerprint density at radius 1 is 1.38 bits per heavy atom. The van der Waals surface area contributed by atoms with E-state index in [1.807, 2.05) is 25.3 Å². The Labute approximate surface area is 123 Å². The molecule has 0 unspecified atom stereocenters. The molecule has 0 radical (unpaired) electrons. The fourth-order valence-corrected chi connectivity index (χ4v) is 2.26. The SMILES string of the molecule is CCCNC(=O)C1CN(c2cc(-n3cccn3)ncn2)C1. The quantitative estimate of drug-likeness (QED) is 0.872. The molecule has 2 aromatic rings. The predicted octanol–water partition coefficient (Wildman–Crippen LogP) is 0.625. The third-order valence-corrected chi connectivity index (χ3v) is 3.50. The number of hydrogen-bond donors (Lipinski definition) is 1. The van der Waals surface area contributed by atoms with Crippen molar-refractivity contribution in [2.24, 2.45) is 5.92 Å². The molecule has 1 aliphatic heterocycles. The number of carbonyl (C=O) groups excluding carboxylic acids is 1. The topological polar surface area (TPSA) is 75.9 Å². The van der Waals surface area contributed by atoms with Crippen LogP contribution in [-0.4, -0.2) is 45.3 Å². The molecule has 0 spiro atoms. The van der Waals surface area contributed by atoms with E-state index in [0.29, 0.717) is 13.1 Å². The van der Waals surface area contributed by atoms with Crippen LogP contribution in [0.4, 0.5) is 5.82 Å². The molecule has 1 N–H and O–H groups in total. The highest BCUT2D eigenvalue weighted by Gasteiger charge is 2.33. The molecule has 0 aromatic carbocycles. The van der Waals surface area contributed by atoms with Crippen LogP contribution in [0.1, 0.15) is 13.3 Å². The normalized spacial score (nSPS) is 14.8. The van der Waals surface area contributed by atoms with E-state index in [4.69, 9.17) is 0 Å². The molecule has 1 amide bonds. The Balaban J connectivity index is 1.62. The molecule has 0 aliphatic carbocycles. The summed E-state index contributed by atoms with van der Waals surface area (Å²) in [5.41, 5.74) is 0. The Morgan fingerprint density at radius 3 is 2.90 bits per heavy atom. The monoisotopic (exact) mass is 286 g/mol. The molecule has 1 saturated heterocycles. The van der Waals surface area contributed by atoms with E-state index >= 15 is 0 Å². The number of rotatable bonds is 5. The summed E-state index contributed by atoms with van der Waals surface area (Å²) in [7, 11) is 0. The van der Waals surface area contributed by atoms with Gasteiger partial charge < -0.3 is 10.2 Å². The average molecular weight is 286 g/mol. The van der Waals surface area contributed by atoms with Crippen LogP contribution in [0.2, 0.25) is 0 Å². The molecule has 2 aromatic heterocycles. The summed E-state index contributed by atoms with van der Waals surface area (Å²) in [6.45, 7) is 4.19. The summed E-state index contributed by atoms with van der Waals surface area (Å²) < 4.78 is 1.69. The largest absolute Gasteiger partial charge is 0.356 e. The van der Waals surface area contributed by atoms with Crippen molar-refractivity contribution in [2.75, 3.05) is 24.5 Å². The Bertz CT molecular complexity index is 606. The molecule has 1 fully saturated rings. The van der Waals surface area contributed by atoms with Crippen molar-refractivity contribution < 1.29 is 4.79 Å². The van der Waals surface area contributed by atoms with Gasteiger partial charge in [-0.3, -0.25) is 4.79 Å². The second-order valence-electron chi connectivity index (χ2n) is 5.08. The van der Waals surface area contributed by atoms with Gasteiger partial charge in [0.1, 0.15) is 12.1 Å². The van der Waals surface area contributed by atoms with Crippen molar-refractivity contribution in [3.05, 3.63) is 30.9 Å². The second-order valence-corrected chi connectivity index (χ2v) is 5.08. The molecule has 21 heavy (non-hydrogen) atoms. The molecular formula is C14H18N6O. The summed E-state index contributed by atoms with van der Waals surface area (Å²) in [4.78, 5) is 22.4. The highest BCUT2D eigenvalue weighted by molar-refractivity contribution is 5.81. The molecule has 110 valence electrons. The second kappa shape index (κ2) is 5.90. The van der Waals surface area contributed by atoms with Crippen molar-refractivity contribution in [1.29, 1.82) is 0 Å². The first kappa shape index (κ1) is 13.5. The van der Waals surface area contributed by atoms with Gasteiger partial charge in [-0.2, -0.15) is 5.10 Å². The van der Waals surface area contributed by atoms with Gasteiger partial charge in [0.15, 0.2) is 5.82 Å². The van der Waals surface area contributed by atoms with E-state index in [1.54, 1.807) is 10.9 Å². The number of nitrogens with zero attached hydrogens (tertiary/aromatic N) is 5. The molecule has 1 aliphatic rings. The first-order chi connectivity index (χ1) is 10.3. The van der Waals surface area contributed by atoms with Crippen LogP contribution in [0.25, 0.3) is 5.82 Å². The Morgan fingerprint density at radius 2 is 2.19 bits per heavy atom. The van der Waals surface area contributed by atoms with Crippen molar-refractivity contribution in [1.82, 2.24) is 25.1 Å². The maximum absolute atomic E-state index is 11.8. The van der Waals surface area contributed by atoms with Gasteiger partial charge in [0.2, 0.25) is 5.91 Å². The average Bonchev–Trinajstić information content (AvgIpc) is 2.98. The first-order valence-electron chi connectivity index (χ1n) is 7.12. The third-order valence-electron chi connectivity index (χ3n) is 3.50. The number of amides is 1. The highest BCUT2D eigenvalue weighted by atomic mass is 16.2. The van der Waals surface area contributed by atoms with Crippen molar-refractivity contribution in [2.45, 2.75) is 13.3 Å². The van der Waals surface area contributed by atoms with Crippen LogP contribution in [0.5, 0.6) is 0 Å². The highest BCUT2D eigenvalue weighted by Crippen LogP contribution is 2.23. The maximum Gasteiger partial charge on any atom is 0.226 e. The van der Waals surface area contributed by atoms with Gasteiger partial charge in [-0.05, 0) is 12.5 Å². The smallest absolute Gasteiger partial charge is 0.226 e. The predicted molar refractivity (Wildman–Crippen MR) is 78.2 cm³/mol. The Hall–Kier alpha value is -2.44. The van der Waals surface area contributed by atoms with Crippen LogP contribution >= 0.6 is 0 Å². The van der Waals surface area contributed by atoms with Crippen LogP contribution < -0.4 is 10.2 Å². The number of nitrogens with one attached hydrogen (secondary N) is 1. The van der Waals surface area contributed by atoms with Crippen molar-refractivity contribution in [3.8, 4) is 5.82 Å². The lowest BCUT2D eigenvalue weighted by molar-refractivity contribution is -0.125. The molecule has 7 nitrogen and oxygen atoms in total. The van der Waals surface area contributed by atoms with E-state index in [9.17, 15) is 4.79 Å². The summed E-state index contributed by atoms with van der Waals surface area (Å²) >= 11 is 0. The fraction of sp³-hybridized carbons (Fsp3) is 0.429. The number of carbonyl (C=O) groups is 1. The number of anilines is 1. The molecule has 3 heterocycles. The maximum atomic E-state index is 11.8. The van der Waals surface area contributed by atoms with E-state index in [0.717, 1.165) is 24.6 Å². The zero-order chi connectivity index (χ0) is 14.7. The summed E-state index contributed by atoms with van der Waals surface area (Å²) in [5.74, 6) is 1.74. The molecule has 0 saturated carbocycles. The third kappa shape index (κ3) is 2.86. The van der Waals surface area contributed by atoms with Crippen LogP contribution in [0.15, 0.2) is 30.9 Å². The van der Waals surface area contributed by atoms with Gasteiger partial charge in [0.05, 0.1) is 5.92 Å². The van der Waals surface area contributed by atoms with Crippen molar-refractivity contribution in [3.63, 3.8) is 0 Å². The van der Waals surface area contributed by atoms with E-state index in [1.165, 1.54) is 6.33 Å². The van der Waals surface area contributed by atoms with Crippen LogP contribution in [0.3, 0.4) is 0 Å². The first-order valence-corrected chi connectivity index (χ1v) is 7.12. The summed E-state index contributed by atoms with van der Waals surface area (Å²) in [6, 6.07) is 3.73. The van der Waals surface area contributed by atoms with E-state index in [-0.39, 0.29) is 11.8 Å². The summed E-state index contributed by atoms with van der Waals surface area (Å²) in [5, 5.41) is 7.08. The minimum atomic E-state index is 0.0552. The molecular weight excluding hydrogens is 268 g/mol. The van der Waals surface area contributed by atoms with E-state index < -0.39 is 0 Å². The minimum Gasteiger partial charge on any atom is -0.356 e. The van der Waals surface area contributed by atoms with Gasteiger partial charge in [-0.1, -0.05) is 6.92 Å². The molecule has 7 heteroatoms. The van der Waals surface area contributed by atoms with E-state index in [2.05, 4.69) is 25.3 Å². The van der Waals surface area contributed by atoms with Gasteiger partial charge in [-0.15, -0.1) is 0 Å². The lowest BCUT2D eigenvalue weighted by Crippen LogP contribution is -2.54.